The van der Waals surface area contributed by atoms with Gasteiger partial charge in [0.05, 0.1) is 39.3 Å². The van der Waals surface area contributed by atoms with Crippen LogP contribution in [0.1, 0.15) is 77.6 Å². The summed E-state index contributed by atoms with van der Waals surface area (Å²) in [5, 5.41) is 3.31. The lowest BCUT2D eigenvalue weighted by atomic mass is 10.2. The summed E-state index contributed by atoms with van der Waals surface area (Å²) in [4.78, 5) is 51.7. The SMILES string of the molecule is CCCN1CCN(CCC(=O)OCCCCCCOC(=O)CCN2CCNCC2)CC1.COCCOC(=O)CCCCCOC=O. The summed E-state index contributed by atoms with van der Waals surface area (Å²) in [7, 11) is 1.56. The summed E-state index contributed by atoms with van der Waals surface area (Å²) < 4.78 is 24.8. The molecule has 0 aromatic heterocycles. The monoisotopic (exact) mass is 658 g/mol. The lowest BCUT2D eigenvalue weighted by Crippen LogP contribution is -2.46. The molecule has 0 amide bonds. The largest absolute Gasteiger partial charge is 0.468 e. The Hall–Kier alpha value is -2.32. The first kappa shape index (κ1) is 41.7. The molecule has 13 heteroatoms. The van der Waals surface area contributed by atoms with E-state index in [0.29, 0.717) is 58.8 Å². The van der Waals surface area contributed by atoms with Crippen LogP contribution in [0.5, 0.6) is 0 Å². The van der Waals surface area contributed by atoms with Crippen LogP contribution in [0.25, 0.3) is 0 Å². The van der Waals surface area contributed by atoms with Crippen LogP contribution in [0.4, 0.5) is 0 Å². The van der Waals surface area contributed by atoms with Gasteiger partial charge >= 0.3 is 17.9 Å². The molecule has 0 spiro atoms. The van der Waals surface area contributed by atoms with Crippen molar-refractivity contribution in [3.05, 3.63) is 0 Å². The first-order valence-corrected chi connectivity index (χ1v) is 17.4. The van der Waals surface area contributed by atoms with Gasteiger partial charge in [0.2, 0.25) is 0 Å². The highest BCUT2D eigenvalue weighted by Crippen LogP contribution is 2.06. The van der Waals surface area contributed by atoms with E-state index < -0.39 is 0 Å². The highest BCUT2D eigenvalue weighted by molar-refractivity contribution is 5.70. The lowest BCUT2D eigenvalue weighted by molar-refractivity contribution is -0.145. The molecule has 2 saturated heterocycles. The van der Waals surface area contributed by atoms with Gasteiger partial charge in [-0.1, -0.05) is 6.92 Å². The molecule has 268 valence electrons. The summed E-state index contributed by atoms with van der Waals surface area (Å²) in [5.74, 6) is -0.392. The quantitative estimate of drug-likeness (QED) is 0.0666. The standard InChI is InChI=1S/C23H44N4O4.C10H18O5/c1-2-11-25-16-18-27(19-17-25)13-8-23(29)31-21-6-4-3-5-20-30-22(28)7-12-26-14-9-24-10-15-26;1-13-7-8-15-10(12)5-3-2-4-6-14-9-11/h24H,2-21H2,1H3;9H,2-8H2,1H3. The summed E-state index contributed by atoms with van der Waals surface area (Å²) in [6, 6.07) is 0. The van der Waals surface area contributed by atoms with Gasteiger partial charge in [0.15, 0.2) is 0 Å². The van der Waals surface area contributed by atoms with Gasteiger partial charge in [-0.3, -0.25) is 19.2 Å². The molecule has 2 rings (SSSR count). The Labute approximate surface area is 276 Å². The predicted octanol–water partition coefficient (Wildman–Crippen LogP) is 2.26. The van der Waals surface area contributed by atoms with Crippen LogP contribution in [0.3, 0.4) is 0 Å². The van der Waals surface area contributed by atoms with E-state index in [9.17, 15) is 19.2 Å². The van der Waals surface area contributed by atoms with E-state index in [1.165, 1.54) is 13.0 Å². The second-order valence-electron chi connectivity index (χ2n) is 11.6. The molecule has 0 aromatic rings. The number of carbonyl (C=O) groups is 4. The van der Waals surface area contributed by atoms with Crippen molar-refractivity contribution < 1.29 is 42.9 Å². The number of ether oxygens (including phenoxy) is 5. The van der Waals surface area contributed by atoms with Crippen molar-refractivity contribution in [3.63, 3.8) is 0 Å². The van der Waals surface area contributed by atoms with E-state index in [1.807, 2.05) is 0 Å². The van der Waals surface area contributed by atoms with Crippen molar-refractivity contribution in [2.24, 2.45) is 0 Å². The predicted molar refractivity (Wildman–Crippen MR) is 175 cm³/mol. The van der Waals surface area contributed by atoms with Crippen molar-refractivity contribution in [3.8, 4) is 0 Å². The molecule has 13 nitrogen and oxygen atoms in total. The van der Waals surface area contributed by atoms with E-state index in [4.69, 9.17) is 18.9 Å². The molecule has 0 saturated carbocycles. The van der Waals surface area contributed by atoms with Crippen LogP contribution >= 0.6 is 0 Å². The number of nitrogens with one attached hydrogen (secondary N) is 1. The molecule has 2 aliphatic heterocycles. The number of hydrogen-bond acceptors (Lipinski definition) is 13. The number of piperazine rings is 2. The molecular weight excluding hydrogens is 596 g/mol. The molecule has 1 N–H and O–H groups in total. The number of carbonyl (C=O) groups excluding carboxylic acids is 4. The van der Waals surface area contributed by atoms with Crippen LogP contribution in [-0.4, -0.2) is 151 Å². The average molecular weight is 659 g/mol. The molecule has 46 heavy (non-hydrogen) atoms. The lowest BCUT2D eigenvalue weighted by Gasteiger charge is -2.34. The first-order chi connectivity index (χ1) is 22.5. The molecule has 2 aliphatic rings. The molecule has 2 heterocycles. The smallest absolute Gasteiger partial charge is 0.307 e. The molecule has 0 bridgehead atoms. The molecule has 0 aliphatic carbocycles. The summed E-state index contributed by atoms with van der Waals surface area (Å²) >= 11 is 0. The van der Waals surface area contributed by atoms with Gasteiger partial charge < -0.3 is 43.7 Å². The van der Waals surface area contributed by atoms with Crippen molar-refractivity contribution in [2.75, 3.05) is 112 Å². The van der Waals surface area contributed by atoms with Gasteiger partial charge in [-0.15, -0.1) is 0 Å². The zero-order chi connectivity index (χ0) is 33.5. The summed E-state index contributed by atoms with van der Waals surface area (Å²) in [6.07, 6.45) is 8.69. The van der Waals surface area contributed by atoms with Crippen molar-refractivity contribution in [1.82, 2.24) is 20.0 Å². The molecule has 0 unspecified atom stereocenters. The van der Waals surface area contributed by atoms with Crippen LogP contribution in [0.15, 0.2) is 0 Å². The van der Waals surface area contributed by atoms with Gasteiger partial charge in [0.25, 0.3) is 6.47 Å². The zero-order valence-corrected chi connectivity index (χ0v) is 28.7. The third kappa shape index (κ3) is 24.9. The van der Waals surface area contributed by atoms with E-state index in [0.717, 1.165) is 110 Å². The fraction of sp³-hybridized carbons (Fsp3) is 0.879. The van der Waals surface area contributed by atoms with Gasteiger partial charge in [0, 0.05) is 79.0 Å². The fourth-order valence-electron chi connectivity index (χ4n) is 5.05. The maximum atomic E-state index is 11.9. The Balaban J connectivity index is 0.000000595. The van der Waals surface area contributed by atoms with Gasteiger partial charge in [-0.05, 0) is 57.9 Å². The van der Waals surface area contributed by atoms with Crippen LogP contribution in [-0.2, 0) is 42.9 Å². The highest BCUT2D eigenvalue weighted by Gasteiger charge is 2.17. The molecule has 2 fully saturated rings. The Bertz CT molecular complexity index is 776. The van der Waals surface area contributed by atoms with Crippen molar-refractivity contribution in [2.45, 2.75) is 77.6 Å². The maximum absolute atomic E-state index is 11.9. The fourth-order valence-corrected chi connectivity index (χ4v) is 5.05. The topological polar surface area (TPSA) is 136 Å². The first-order valence-electron chi connectivity index (χ1n) is 17.4. The minimum Gasteiger partial charge on any atom is -0.468 e. The minimum atomic E-state index is -0.205. The average Bonchev–Trinajstić information content (AvgIpc) is 3.07. The number of nitrogens with zero attached hydrogens (tertiary/aromatic N) is 3. The van der Waals surface area contributed by atoms with Crippen LogP contribution in [0, 0.1) is 0 Å². The third-order valence-electron chi connectivity index (χ3n) is 7.81. The Morgan fingerprint density at radius 1 is 0.587 bits per heavy atom. The second kappa shape index (κ2) is 30.0. The Morgan fingerprint density at radius 3 is 1.61 bits per heavy atom. The minimum absolute atomic E-state index is 0.0885. The van der Waals surface area contributed by atoms with Crippen molar-refractivity contribution >= 4 is 24.4 Å². The van der Waals surface area contributed by atoms with Gasteiger partial charge in [-0.25, -0.2) is 0 Å². The number of rotatable bonds is 25. The number of hydrogen-bond donors (Lipinski definition) is 1. The summed E-state index contributed by atoms with van der Waals surface area (Å²) in [6.45, 7) is 15.9. The molecular formula is C33H62N4O9. The van der Waals surface area contributed by atoms with E-state index in [-0.39, 0.29) is 17.9 Å². The maximum Gasteiger partial charge on any atom is 0.307 e. The van der Waals surface area contributed by atoms with E-state index in [1.54, 1.807) is 7.11 Å². The highest BCUT2D eigenvalue weighted by atomic mass is 16.6. The Kier molecular flexibility index (Phi) is 27.2. The summed E-state index contributed by atoms with van der Waals surface area (Å²) in [5.41, 5.74) is 0. The van der Waals surface area contributed by atoms with Crippen LogP contribution in [0.2, 0.25) is 0 Å². The molecule has 0 atom stereocenters. The number of methoxy groups -OCH3 is 1. The molecule has 0 radical (unpaired) electrons. The van der Waals surface area contributed by atoms with E-state index in [2.05, 4.69) is 31.7 Å². The van der Waals surface area contributed by atoms with Crippen LogP contribution < -0.4 is 5.32 Å². The second-order valence-corrected chi connectivity index (χ2v) is 11.6. The third-order valence-corrected chi connectivity index (χ3v) is 7.81. The zero-order valence-electron chi connectivity index (χ0n) is 28.7. The van der Waals surface area contributed by atoms with Crippen molar-refractivity contribution in [1.29, 1.82) is 0 Å². The normalized spacial score (nSPS) is 15.8. The Morgan fingerprint density at radius 2 is 1.07 bits per heavy atom. The van der Waals surface area contributed by atoms with E-state index >= 15 is 0 Å². The number of esters is 3. The number of unbranched alkanes of at least 4 members (excludes halogenated alkanes) is 5. The molecule has 0 aromatic carbocycles. The van der Waals surface area contributed by atoms with Gasteiger partial charge in [-0.2, -0.15) is 0 Å². The van der Waals surface area contributed by atoms with Gasteiger partial charge in [0.1, 0.15) is 6.61 Å².